The Morgan fingerprint density at radius 2 is 1.57 bits per heavy atom. The van der Waals surface area contributed by atoms with Gasteiger partial charge < -0.3 is 19.5 Å². The van der Waals surface area contributed by atoms with Crippen LogP contribution in [0.25, 0.3) is 20.5 Å². The number of phenolic OH excluding ortho intramolecular Hbond substituents is 1. The lowest BCUT2D eigenvalue weighted by molar-refractivity contribution is -0.136. The summed E-state index contributed by atoms with van der Waals surface area (Å²) in [6.07, 6.45) is 1.08. The van der Waals surface area contributed by atoms with Crippen LogP contribution in [0.15, 0.2) is 84.9 Å². The van der Waals surface area contributed by atoms with E-state index in [1.165, 1.54) is 5.56 Å². The van der Waals surface area contributed by atoms with Crippen molar-refractivity contribution >= 4 is 50.7 Å². The van der Waals surface area contributed by atoms with Gasteiger partial charge in [-0.15, -0.1) is 11.3 Å². The molecule has 4 aromatic carbocycles. The average molecular weight is 731 g/mol. The van der Waals surface area contributed by atoms with Gasteiger partial charge in [0.15, 0.2) is 5.75 Å². The Labute approximate surface area is 310 Å². The van der Waals surface area contributed by atoms with Gasteiger partial charge in [-0.3, -0.25) is 34.3 Å². The van der Waals surface area contributed by atoms with Crippen LogP contribution in [0.4, 0.5) is 5.69 Å². The molecule has 53 heavy (non-hydrogen) atoms. The topological polar surface area (TPSA) is 129 Å². The number of hydrogen-bond donors (Lipinski definition) is 2. The molecule has 0 spiro atoms. The first-order valence-electron chi connectivity index (χ1n) is 17.8. The summed E-state index contributed by atoms with van der Waals surface area (Å²) in [6, 6.07) is 25.6. The third-order valence-electron chi connectivity index (χ3n) is 10.0. The van der Waals surface area contributed by atoms with Crippen molar-refractivity contribution in [2.75, 3.05) is 44.2 Å². The molecule has 12 heteroatoms. The second-order valence-electron chi connectivity index (χ2n) is 13.6. The van der Waals surface area contributed by atoms with Crippen LogP contribution in [-0.2, 0) is 9.59 Å². The summed E-state index contributed by atoms with van der Waals surface area (Å²) in [6.45, 7) is 6.75. The van der Waals surface area contributed by atoms with Crippen molar-refractivity contribution in [3.05, 3.63) is 102 Å². The van der Waals surface area contributed by atoms with E-state index in [0.717, 1.165) is 81.8 Å². The predicted octanol–water partition coefficient (Wildman–Crippen LogP) is 6.37. The lowest BCUT2D eigenvalue weighted by Crippen LogP contribution is -2.54. The zero-order valence-corrected chi connectivity index (χ0v) is 30.0. The van der Waals surface area contributed by atoms with Crippen molar-refractivity contribution in [3.8, 4) is 33.4 Å². The maximum atomic E-state index is 13.3. The number of carbonyl (C=O) groups excluding carboxylic acids is 4. The fourth-order valence-corrected chi connectivity index (χ4v) is 8.31. The molecule has 2 fully saturated rings. The van der Waals surface area contributed by atoms with E-state index in [9.17, 15) is 24.3 Å². The van der Waals surface area contributed by atoms with Gasteiger partial charge in [-0.1, -0.05) is 29.8 Å². The highest BCUT2D eigenvalue weighted by Gasteiger charge is 2.44. The van der Waals surface area contributed by atoms with Crippen molar-refractivity contribution in [2.24, 2.45) is 0 Å². The standard InChI is InChI=1S/C41H38N4O7S/c1-25-3-5-26(6-4-25)38-37(32-14-8-28(46)24-35(32)53-38)52-30-11-9-29(10-12-30)51-22-2-17-43-18-20-44(21-19-43)27-7-13-31-33(23-27)41(50)45(40(31)49)34-15-16-36(47)42-39(34)48/h3-14,23-24,34,46H,2,15-22H2,1H3,(H,42,47,48). The molecular formula is C41H38N4O7S. The molecule has 270 valence electrons. The van der Waals surface area contributed by atoms with Gasteiger partial charge >= 0.3 is 0 Å². The lowest BCUT2D eigenvalue weighted by atomic mass is 10.0. The molecule has 3 aliphatic rings. The SMILES string of the molecule is Cc1ccc(-c2sc3cc(O)ccc3c2Oc2ccc(OCCCN3CCN(c4ccc5c(c4)C(=O)N(C4CCC(=O)NC4=O)C5=O)CC3)cc2)cc1. The molecule has 11 nitrogen and oxygen atoms in total. The second-order valence-corrected chi connectivity index (χ2v) is 14.6. The number of nitrogens with zero attached hydrogens (tertiary/aromatic N) is 3. The molecule has 0 saturated carbocycles. The lowest BCUT2D eigenvalue weighted by Gasteiger charge is -2.36. The molecule has 5 aromatic rings. The van der Waals surface area contributed by atoms with E-state index in [0.29, 0.717) is 17.9 Å². The van der Waals surface area contributed by atoms with Crippen LogP contribution in [0.5, 0.6) is 23.0 Å². The summed E-state index contributed by atoms with van der Waals surface area (Å²) in [5.41, 5.74) is 3.69. The van der Waals surface area contributed by atoms with Crippen LogP contribution < -0.4 is 19.7 Å². The Hall–Kier alpha value is -5.72. The van der Waals surface area contributed by atoms with E-state index in [1.807, 2.05) is 36.4 Å². The van der Waals surface area contributed by atoms with Crippen molar-refractivity contribution in [1.82, 2.24) is 15.1 Å². The van der Waals surface area contributed by atoms with Crippen LogP contribution in [-0.4, -0.2) is 83.9 Å². The highest BCUT2D eigenvalue weighted by Crippen LogP contribution is 2.47. The number of benzene rings is 4. The molecule has 0 bridgehead atoms. The number of hydrogen-bond acceptors (Lipinski definition) is 10. The van der Waals surface area contributed by atoms with Crippen LogP contribution in [0.1, 0.15) is 45.5 Å². The molecule has 4 amide bonds. The maximum absolute atomic E-state index is 13.3. The largest absolute Gasteiger partial charge is 0.508 e. The van der Waals surface area contributed by atoms with E-state index >= 15 is 0 Å². The number of amides is 4. The van der Waals surface area contributed by atoms with Crippen molar-refractivity contribution in [1.29, 1.82) is 0 Å². The number of anilines is 1. The molecule has 1 aromatic heterocycles. The highest BCUT2D eigenvalue weighted by atomic mass is 32.1. The van der Waals surface area contributed by atoms with Gasteiger partial charge in [0.1, 0.15) is 23.3 Å². The Morgan fingerprint density at radius 1 is 0.830 bits per heavy atom. The van der Waals surface area contributed by atoms with E-state index < -0.39 is 29.7 Å². The van der Waals surface area contributed by atoms with Crippen LogP contribution in [0, 0.1) is 6.92 Å². The third-order valence-corrected chi connectivity index (χ3v) is 11.2. The average Bonchev–Trinajstić information content (AvgIpc) is 3.63. The number of carbonyl (C=O) groups is 4. The summed E-state index contributed by atoms with van der Waals surface area (Å²) in [7, 11) is 0. The number of piperidine rings is 1. The monoisotopic (exact) mass is 730 g/mol. The minimum atomic E-state index is -0.974. The third kappa shape index (κ3) is 6.95. The summed E-state index contributed by atoms with van der Waals surface area (Å²) in [5, 5.41) is 13.3. The number of piperazine rings is 1. The number of thiophene rings is 1. The molecule has 2 N–H and O–H groups in total. The Bertz CT molecular complexity index is 2230. The number of aromatic hydroxyl groups is 1. The van der Waals surface area contributed by atoms with E-state index in [-0.39, 0.29) is 24.2 Å². The number of nitrogens with one attached hydrogen (secondary N) is 1. The summed E-state index contributed by atoms with van der Waals surface area (Å²) < 4.78 is 13.5. The smallest absolute Gasteiger partial charge is 0.262 e. The number of aryl methyl sites for hydroxylation is 1. The fraction of sp³-hybridized carbons (Fsp3) is 0.268. The normalized spacial score (nSPS) is 17.7. The number of rotatable bonds is 10. The quantitative estimate of drug-likeness (QED) is 0.125. The maximum Gasteiger partial charge on any atom is 0.262 e. The summed E-state index contributed by atoms with van der Waals surface area (Å²) in [5.74, 6) is 0.454. The minimum Gasteiger partial charge on any atom is -0.508 e. The van der Waals surface area contributed by atoms with Gasteiger partial charge in [-0.25, -0.2) is 0 Å². The number of fused-ring (bicyclic) bond motifs is 2. The Balaban J connectivity index is 0.821. The summed E-state index contributed by atoms with van der Waals surface area (Å²) in [4.78, 5) is 56.9. The van der Waals surface area contributed by atoms with E-state index in [1.54, 1.807) is 35.6 Å². The van der Waals surface area contributed by atoms with Gasteiger partial charge in [0.05, 0.1) is 22.6 Å². The number of imide groups is 2. The summed E-state index contributed by atoms with van der Waals surface area (Å²) >= 11 is 1.59. The first-order chi connectivity index (χ1) is 25.7. The molecule has 0 radical (unpaired) electrons. The number of phenols is 1. The molecule has 1 atom stereocenters. The number of ether oxygens (including phenoxy) is 2. The van der Waals surface area contributed by atoms with E-state index in [2.05, 4.69) is 46.3 Å². The molecule has 1 unspecified atom stereocenters. The minimum absolute atomic E-state index is 0.0902. The van der Waals surface area contributed by atoms with Gasteiger partial charge in [0.25, 0.3) is 11.8 Å². The zero-order valence-electron chi connectivity index (χ0n) is 29.2. The van der Waals surface area contributed by atoms with Gasteiger partial charge in [-0.2, -0.15) is 0 Å². The van der Waals surface area contributed by atoms with Crippen LogP contribution in [0.2, 0.25) is 0 Å². The van der Waals surface area contributed by atoms with Crippen molar-refractivity contribution < 1.29 is 33.8 Å². The van der Waals surface area contributed by atoms with Crippen LogP contribution in [0.3, 0.4) is 0 Å². The first kappa shape index (κ1) is 34.4. The van der Waals surface area contributed by atoms with Gasteiger partial charge in [0.2, 0.25) is 11.8 Å². The fourth-order valence-electron chi connectivity index (χ4n) is 7.14. The predicted molar refractivity (Wildman–Crippen MR) is 202 cm³/mol. The first-order valence-corrected chi connectivity index (χ1v) is 18.6. The molecule has 3 aliphatic heterocycles. The molecular weight excluding hydrogens is 693 g/mol. The van der Waals surface area contributed by atoms with E-state index in [4.69, 9.17) is 9.47 Å². The molecule has 0 aliphatic carbocycles. The zero-order chi connectivity index (χ0) is 36.6. The molecule has 8 rings (SSSR count). The second kappa shape index (κ2) is 14.4. The Kier molecular flexibility index (Phi) is 9.31. The van der Waals surface area contributed by atoms with Crippen molar-refractivity contribution in [3.63, 3.8) is 0 Å². The van der Waals surface area contributed by atoms with Crippen LogP contribution >= 0.6 is 11.3 Å². The van der Waals surface area contributed by atoms with Crippen molar-refractivity contribution in [2.45, 2.75) is 32.2 Å². The Morgan fingerprint density at radius 3 is 2.32 bits per heavy atom. The van der Waals surface area contributed by atoms with Gasteiger partial charge in [-0.05, 0) is 86.0 Å². The molecule has 4 heterocycles. The van der Waals surface area contributed by atoms with Gasteiger partial charge in [0, 0.05) is 54.9 Å². The molecule has 2 saturated heterocycles. The highest BCUT2D eigenvalue weighted by molar-refractivity contribution is 7.22.